The minimum Gasteiger partial charge on any atom is -0.394 e. The zero-order valence-electron chi connectivity index (χ0n) is 11.9. The quantitative estimate of drug-likeness (QED) is 0.674. The Hall–Kier alpha value is -0.490. The van der Waals surface area contributed by atoms with Gasteiger partial charge in [0.25, 0.3) is 0 Å². The van der Waals surface area contributed by atoms with Crippen LogP contribution in [0.25, 0.3) is 0 Å². The highest BCUT2D eigenvalue weighted by molar-refractivity contribution is 7.99. The Balaban J connectivity index is 2.15. The van der Waals surface area contributed by atoms with Crippen molar-refractivity contribution in [3.8, 4) is 12.3 Å². The molecule has 0 radical (unpaired) electrons. The molecule has 1 aromatic carbocycles. The van der Waals surface area contributed by atoms with E-state index in [0.29, 0.717) is 14.9 Å². The summed E-state index contributed by atoms with van der Waals surface area (Å²) in [6.07, 6.45) is 0.969. The van der Waals surface area contributed by atoms with Crippen molar-refractivity contribution < 1.29 is 24.8 Å². The van der Waals surface area contributed by atoms with E-state index in [-0.39, 0.29) is 6.61 Å². The molecule has 1 fully saturated rings. The van der Waals surface area contributed by atoms with Gasteiger partial charge in [-0.15, -0.1) is 6.42 Å². The van der Waals surface area contributed by atoms with Crippen LogP contribution in [0.2, 0.25) is 10.0 Å². The largest absolute Gasteiger partial charge is 0.394 e. The molecule has 126 valence electrons. The van der Waals surface area contributed by atoms with Crippen LogP contribution in [0, 0.1) is 12.3 Å². The first-order valence-electron chi connectivity index (χ1n) is 6.77. The SMILES string of the molecule is C#CCOC1C(O)[C@@H](Sc2ccc(Cl)c(Cl)c2)OC(CO)[C@@H]1O. The van der Waals surface area contributed by atoms with Gasteiger partial charge in [-0.2, -0.15) is 0 Å². The van der Waals surface area contributed by atoms with Crippen molar-refractivity contribution in [2.75, 3.05) is 13.2 Å². The van der Waals surface area contributed by atoms with Gasteiger partial charge in [0.05, 0.1) is 16.7 Å². The van der Waals surface area contributed by atoms with E-state index in [4.69, 9.17) is 39.1 Å². The van der Waals surface area contributed by atoms with Gasteiger partial charge >= 0.3 is 0 Å². The van der Waals surface area contributed by atoms with Crippen LogP contribution < -0.4 is 0 Å². The first-order valence-corrected chi connectivity index (χ1v) is 8.40. The Bertz CT molecular complexity index is 579. The second kappa shape index (κ2) is 8.56. The summed E-state index contributed by atoms with van der Waals surface area (Å²) in [4.78, 5) is 0.715. The van der Waals surface area contributed by atoms with Gasteiger partial charge in [-0.25, -0.2) is 0 Å². The maximum Gasteiger partial charge on any atom is 0.136 e. The minimum absolute atomic E-state index is 0.0684. The van der Waals surface area contributed by atoms with Gasteiger partial charge in [0.15, 0.2) is 0 Å². The molecule has 0 spiro atoms. The van der Waals surface area contributed by atoms with Crippen LogP contribution in [0.5, 0.6) is 0 Å². The van der Waals surface area contributed by atoms with Crippen molar-refractivity contribution >= 4 is 35.0 Å². The Morgan fingerprint density at radius 1 is 1.26 bits per heavy atom. The smallest absolute Gasteiger partial charge is 0.136 e. The first-order chi connectivity index (χ1) is 11.0. The predicted octanol–water partition coefficient (Wildman–Crippen LogP) is 1.54. The fourth-order valence-electron chi connectivity index (χ4n) is 2.18. The summed E-state index contributed by atoms with van der Waals surface area (Å²) < 4.78 is 10.9. The Morgan fingerprint density at radius 2 is 2.00 bits per heavy atom. The van der Waals surface area contributed by atoms with E-state index in [1.165, 1.54) is 11.8 Å². The van der Waals surface area contributed by atoms with E-state index < -0.39 is 36.5 Å². The fraction of sp³-hybridized carbons (Fsp3) is 0.467. The first kappa shape index (κ1) is 18.8. The van der Waals surface area contributed by atoms with Gasteiger partial charge in [0.2, 0.25) is 0 Å². The molecule has 3 unspecified atom stereocenters. The monoisotopic (exact) mass is 378 g/mol. The molecule has 1 aromatic rings. The third kappa shape index (κ3) is 4.53. The number of rotatable bonds is 5. The van der Waals surface area contributed by atoms with Gasteiger partial charge < -0.3 is 24.8 Å². The zero-order chi connectivity index (χ0) is 17.0. The second-order valence-electron chi connectivity index (χ2n) is 4.88. The topological polar surface area (TPSA) is 79.2 Å². The summed E-state index contributed by atoms with van der Waals surface area (Å²) in [7, 11) is 0. The van der Waals surface area contributed by atoms with E-state index in [0.717, 1.165) is 0 Å². The van der Waals surface area contributed by atoms with Crippen molar-refractivity contribution in [3.05, 3.63) is 28.2 Å². The van der Waals surface area contributed by atoms with Crippen LogP contribution in [0.1, 0.15) is 0 Å². The average molecular weight is 379 g/mol. The van der Waals surface area contributed by atoms with Gasteiger partial charge in [-0.05, 0) is 18.2 Å². The Morgan fingerprint density at radius 3 is 2.61 bits per heavy atom. The van der Waals surface area contributed by atoms with E-state index in [2.05, 4.69) is 5.92 Å². The minimum atomic E-state index is -1.19. The summed E-state index contributed by atoms with van der Waals surface area (Å²) in [5.41, 5.74) is -0.768. The number of thioether (sulfide) groups is 1. The lowest BCUT2D eigenvalue weighted by molar-refractivity contribution is -0.217. The van der Waals surface area contributed by atoms with Crippen molar-refractivity contribution in [3.63, 3.8) is 0 Å². The maximum atomic E-state index is 10.4. The molecular weight excluding hydrogens is 363 g/mol. The standard InChI is InChI=1S/C15H16Cl2O5S/c1-2-5-21-14-12(19)11(7-18)22-15(13(14)20)23-8-3-4-9(16)10(17)6-8/h1,3-4,6,11-15,18-20H,5,7H2/t11?,12-,13?,14?,15+/m0/s1. The highest BCUT2D eigenvalue weighted by atomic mass is 35.5. The van der Waals surface area contributed by atoms with Crippen LogP contribution in [-0.4, -0.2) is 58.4 Å². The molecule has 1 aliphatic heterocycles. The van der Waals surface area contributed by atoms with Crippen LogP contribution in [-0.2, 0) is 9.47 Å². The number of halogens is 2. The lowest BCUT2D eigenvalue weighted by Crippen LogP contribution is -2.58. The summed E-state index contributed by atoms with van der Waals surface area (Å²) >= 11 is 13.0. The highest BCUT2D eigenvalue weighted by Gasteiger charge is 2.45. The lowest BCUT2D eigenvalue weighted by Gasteiger charge is -2.41. The highest BCUT2D eigenvalue weighted by Crippen LogP contribution is 2.36. The molecule has 23 heavy (non-hydrogen) atoms. The number of hydrogen-bond acceptors (Lipinski definition) is 6. The normalized spacial score (nSPS) is 30.9. The van der Waals surface area contributed by atoms with Crippen LogP contribution in [0.4, 0.5) is 0 Å². The Kier molecular flexibility index (Phi) is 7.01. The van der Waals surface area contributed by atoms with Gasteiger partial charge in [0, 0.05) is 4.90 Å². The summed E-state index contributed by atoms with van der Waals surface area (Å²) in [6, 6.07) is 5.00. The number of aliphatic hydroxyl groups excluding tert-OH is 3. The maximum absolute atomic E-state index is 10.4. The van der Waals surface area contributed by atoms with Gasteiger partial charge in [-0.3, -0.25) is 0 Å². The van der Waals surface area contributed by atoms with Crippen LogP contribution >= 0.6 is 35.0 Å². The molecule has 5 atom stereocenters. The second-order valence-corrected chi connectivity index (χ2v) is 6.87. The average Bonchev–Trinajstić information content (AvgIpc) is 2.53. The van der Waals surface area contributed by atoms with E-state index in [9.17, 15) is 15.3 Å². The molecule has 0 aliphatic carbocycles. The Labute approximate surface area is 148 Å². The zero-order valence-corrected chi connectivity index (χ0v) is 14.3. The summed E-state index contributed by atoms with van der Waals surface area (Å²) in [6.45, 7) is -0.483. The molecular formula is C15H16Cl2O5S. The molecule has 0 bridgehead atoms. The predicted molar refractivity (Wildman–Crippen MR) is 88.7 cm³/mol. The van der Waals surface area contributed by atoms with Crippen molar-refractivity contribution in [1.82, 2.24) is 0 Å². The van der Waals surface area contributed by atoms with Crippen molar-refractivity contribution in [2.24, 2.45) is 0 Å². The number of aliphatic hydroxyl groups is 3. The fourth-order valence-corrected chi connectivity index (χ4v) is 3.63. The lowest BCUT2D eigenvalue weighted by atomic mass is 10.00. The number of benzene rings is 1. The van der Waals surface area contributed by atoms with E-state index in [1.54, 1.807) is 18.2 Å². The summed E-state index contributed by atoms with van der Waals surface area (Å²) in [5.74, 6) is 2.28. The van der Waals surface area contributed by atoms with Crippen molar-refractivity contribution in [1.29, 1.82) is 0 Å². The molecule has 2 rings (SSSR count). The molecule has 1 aliphatic rings. The molecule has 1 saturated heterocycles. The van der Waals surface area contributed by atoms with Gasteiger partial charge in [0.1, 0.15) is 36.5 Å². The number of ether oxygens (including phenoxy) is 2. The molecule has 8 heteroatoms. The third-order valence-electron chi connectivity index (χ3n) is 3.32. The molecule has 0 aromatic heterocycles. The van der Waals surface area contributed by atoms with Crippen LogP contribution in [0.3, 0.4) is 0 Å². The van der Waals surface area contributed by atoms with Crippen LogP contribution in [0.15, 0.2) is 23.1 Å². The third-order valence-corrected chi connectivity index (χ3v) is 5.21. The van der Waals surface area contributed by atoms with Gasteiger partial charge in [-0.1, -0.05) is 40.9 Å². The molecule has 1 heterocycles. The molecule has 0 amide bonds. The molecule has 5 nitrogen and oxygen atoms in total. The van der Waals surface area contributed by atoms with E-state index in [1.807, 2.05) is 0 Å². The molecule has 0 saturated carbocycles. The number of terminal acetylenes is 1. The number of hydrogen-bond donors (Lipinski definition) is 3. The van der Waals surface area contributed by atoms with Crippen molar-refractivity contribution in [2.45, 2.75) is 34.7 Å². The van der Waals surface area contributed by atoms with E-state index >= 15 is 0 Å². The summed E-state index contributed by atoms with van der Waals surface area (Å²) in [5, 5.41) is 30.6. The molecule has 3 N–H and O–H groups in total.